The van der Waals surface area contributed by atoms with Gasteiger partial charge in [0.1, 0.15) is 5.69 Å². The lowest BCUT2D eigenvalue weighted by Gasteiger charge is -2.12. The quantitative estimate of drug-likeness (QED) is 0.548. The number of aryl methyl sites for hydroxylation is 1. The van der Waals surface area contributed by atoms with Gasteiger partial charge in [0.15, 0.2) is 5.82 Å². The maximum absolute atomic E-state index is 11.1. The van der Waals surface area contributed by atoms with Crippen LogP contribution in [0.25, 0.3) is 22.6 Å². The summed E-state index contributed by atoms with van der Waals surface area (Å²) in [7, 11) is 0. The molecule has 1 atom stereocenters. The fraction of sp³-hybridized carbons (Fsp3) is 0.333. The first-order valence-electron chi connectivity index (χ1n) is 10.3. The number of aromatic nitrogens is 3. The Morgan fingerprint density at radius 3 is 2.53 bits per heavy atom. The van der Waals surface area contributed by atoms with Crippen molar-refractivity contribution in [2.24, 2.45) is 0 Å². The van der Waals surface area contributed by atoms with Gasteiger partial charge >= 0.3 is 0 Å². The van der Waals surface area contributed by atoms with Crippen molar-refractivity contribution in [2.75, 3.05) is 11.9 Å². The SMILES string of the molecule is CCOC(C)CCCc1ccccc1-c1ncc(-c2ccc(NC(C)=O)cc2)nn1. The largest absolute Gasteiger partial charge is 0.379 e. The number of hydrogen-bond donors (Lipinski definition) is 1. The highest BCUT2D eigenvalue weighted by atomic mass is 16.5. The molecule has 2 aromatic carbocycles. The molecule has 0 aliphatic rings. The third-order valence-electron chi connectivity index (χ3n) is 4.83. The van der Waals surface area contributed by atoms with E-state index in [0.717, 1.165) is 42.7 Å². The van der Waals surface area contributed by atoms with Crippen LogP contribution in [0.3, 0.4) is 0 Å². The fourth-order valence-electron chi connectivity index (χ4n) is 3.36. The fourth-order valence-corrected chi connectivity index (χ4v) is 3.36. The van der Waals surface area contributed by atoms with E-state index in [1.807, 2.05) is 49.4 Å². The minimum atomic E-state index is -0.0976. The molecule has 6 heteroatoms. The maximum Gasteiger partial charge on any atom is 0.221 e. The lowest BCUT2D eigenvalue weighted by molar-refractivity contribution is -0.114. The van der Waals surface area contributed by atoms with Crippen molar-refractivity contribution in [3.05, 3.63) is 60.3 Å². The van der Waals surface area contributed by atoms with Gasteiger partial charge in [-0.2, -0.15) is 0 Å². The van der Waals surface area contributed by atoms with Gasteiger partial charge in [-0.3, -0.25) is 4.79 Å². The van der Waals surface area contributed by atoms with Gasteiger partial charge in [-0.15, -0.1) is 10.2 Å². The molecule has 0 bridgehead atoms. The standard InChI is InChI=1S/C24H28N4O2/c1-4-30-17(2)8-7-10-19-9-5-6-11-22(19)24-25-16-23(27-28-24)20-12-14-21(15-13-20)26-18(3)29/h5-6,9,11-17H,4,7-8,10H2,1-3H3,(H,26,29). The van der Waals surface area contributed by atoms with Crippen LogP contribution in [0.2, 0.25) is 0 Å². The number of nitrogens with one attached hydrogen (secondary N) is 1. The van der Waals surface area contributed by atoms with E-state index in [1.165, 1.54) is 12.5 Å². The Hall–Kier alpha value is -3.12. The Bertz CT molecular complexity index is 956. The van der Waals surface area contributed by atoms with Crippen molar-refractivity contribution in [3.8, 4) is 22.6 Å². The van der Waals surface area contributed by atoms with Crippen LogP contribution < -0.4 is 5.32 Å². The minimum Gasteiger partial charge on any atom is -0.379 e. The summed E-state index contributed by atoms with van der Waals surface area (Å²) in [5, 5.41) is 11.5. The molecule has 156 valence electrons. The van der Waals surface area contributed by atoms with E-state index in [4.69, 9.17) is 4.74 Å². The van der Waals surface area contributed by atoms with E-state index in [0.29, 0.717) is 11.5 Å². The number of anilines is 1. The number of benzene rings is 2. The van der Waals surface area contributed by atoms with Crippen molar-refractivity contribution in [3.63, 3.8) is 0 Å². The van der Waals surface area contributed by atoms with Crippen LogP contribution in [0.5, 0.6) is 0 Å². The number of hydrogen-bond acceptors (Lipinski definition) is 5. The summed E-state index contributed by atoms with van der Waals surface area (Å²) >= 11 is 0. The summed E-state index contributed by atoms with van der Waals surface area (Å²) in [4.78, 5) is 15.7. The molecule has 1 N–H and O–H groups in total. The van der Waals surface area contributed by atoms with Crippen molar-refractivity contribution >= 4 is 11.6 Å². The number of rotatable bonds is 9. The molecule has 0 aliphatic heterocycles. The smallest absolute Gasteiger partial charge is 0.221 e. The van der Waals surface area contributed by atoms with Crippen LogP contribution >= 0.6 is 0 Å². The van der Waals surface area contributed by atoms with Gasteiger partial charge in [0.25, 0.3) is 0 Å². The third-order valence-corrected chi connectivity index (χ3v) is 4.83. The molecule has 1 amide bonds. The van der Waals surface area contributed by atoms with Crippen molar-refractivity contribution < 1.29 is 9.53 Å². The summed E-state index contributed by atoms with van der Waals surface area (Å²) in [5.41, 5.74) is 4.57. The van der Waals surface area contributed by atoms with E-state index in [9.17, 15) is 4.79 Å². The molecular weight excluding hydrogens is 376 g/mol. The zero-order valence-electron chi connectivity index (χ0n) is 17.8. The van der Waals surface area contributed by atoms with Crippen molar-refractivity contribution in [1.29, 1.82) is 0 Å². The van der Waals surface area contributed by atoms with Gasteiger partial charge in [-0.05, 0) is 50.8 Å². The molecular formula is C24H28N4O2. The summed E-state index contributed by atoms with van der Waals surface area (Å²) in [6, 6.07) is 15.7. The van der Waals surface area contributed by atoms with Crippen LogP contribution in [-0.4, -0.2) is 33.8 Å². The predicted octanol–water partition coefficient (Wildman–Crippen LogP) is 4.91. The molecule has 0 aliphatic carbocycles. The van der Waals surface area contributed by atoms with Gasteiger partial charge in [0, 0.05) is 30.3 Å². The molecule has 0 spiro atoms. The minimum absolute atomic E-state index is 0.0976. The highest BCUT2D eigenvalue weighted by Crippen LogP contribution is 2.24. The molecule has 1 unspecified atom stereocenters. The number of amides is 1. The second-order valence-corrected chi connectivity index (χ2v) is 7.24. The molecule has 3 rings (SSSR count). The van der Waals surface area contributed by atoms with Crippen molar-refractivity contribution in [1.82, 2.24) is 15.2 Å². The lowest BCUT2D eigenvalue weighted by Crippen LogP contribution is -2.08. The number of carbonyl (C=O) groups is 1. The topological polar surface area (TPSA) is 77.0 Å². The normalized spacial score (nSPS) is 11.8. The van der Waals surface area contributed by atoms with Crippen molar-refractivity contribution in [2.45, 2.75) is 46.1 Å². The lowest BCUT2D eigenvalue weighted by atomic mass is 10.0. The predicted molar refractivity (Wildman–Crippen MR) is 119 cm³/mol. The second kappa shape index (κ2) is 10.6. The molecule has 1 heterocycles. The van der Waals surface area contributed by atoms with E-state index in [1.54, 1.807) is 6.20 Å². The highest BCUT2D eigenvalue weighted by Gasteiger charge is 2.10. The first-order chi connectivity index (χ1) is 14.6. The summed E-state index contributed by atoms with van der Waals surface area (Å²) in [5.74, 6) is 0.529. The second-order valence-electron chi connectivity index (χ2n) is 7.24. The highest BCUT2D eigenvalue weighted by molar-refractivity contribution is 5.88. The number of ether oxygens (including phenoxy) is 1. The summed E-state index contributed by atoms with van der Waals surface area (Å²) in [6.07, 6.45) is 5.03. The zero-order chi connectivity index (χ0) is 21.3. The van der Waals surface area contributed by atoms with Gasteiger partial charge in [-0.1, -0.05) is 36.4 Å². The summed E-state index contributed by atoms with van der Waals surface area (Å²) < 4.78 is 5.62. The number of nitrogens with zero attached hydrogens (tertiary/aromatic N) is 3. The Kier molecular flexibility index (Phi) is 7.63. The summed E-state index contributed by atoms with van der Waals surface area (Å²) in [6.45, 7) is 6.38. The van der Waals surface area contributed by atoms with Gasteiger partial charge in [0.05, 0.1) is 12.3 Å². The molecule has 6 nitrogen and oxygen atoms in total. The first kappa shape index (κ1) is 21.6. The molecule has 3 aromatic rings. The van der Waals surface area contributed by atoms with Crippen LogP contribution in [-0.2, 0) is 16.0 Å². The van der Waals surface area contributed by atoms with E-state index in [2.05, 4.69) is 33.5 Å². The van der Waals surface area contributed by atoms with Gasteiger partial charge in [0.2, 0.25) is 5.91 Å². The average molecular weight is 405 g/mol. The Morgan fingerprint density at radius 1 is 1.10 bits per heavy atom. The average Bonchev–Trinajstić information content (AvgIpc) is 2.75. The van der Waals surface area contributed by atoms with Crippen LogP contribution in [0.4, 0.5) is 5.69 Å². The van der Waals surface area contributed by atoms with E-state index < -0.39 is 0 Å². The Balaban J connectivity index is 1.71. The first-order valence-corrected chi connectivity index (χ1v) is 10.3. The van der Waals surface area contributed by atoms with Crippen LogP contribution in [0.1, 0.15) is 39.2 Å². The molecule has 0 saturated carbocycles. The molecule has 0 fully saturated rings. The van der Waals surface area contributed by atoms with Gasteiger partial charge < -0.3 is 10.1 Å². The Morgan fingerprint density at radius 2 is 1.87 bits per heavy atom. The maximum atomic E-state index is 11.1. The van der Waals surface area contributed by atoms with Gasteiger partial charge in [-0.25, -0.2) is 4.98 Å². The van der Waals surface area contributed by atoms with Crippen LogP contribution in [0, 0.1) is 0 Å². The molecule has 30 heavy (non-hydrogen) atoms. The van der Waals surface area contributed by atoms with Crippen LogP contribution in [0.15, 0.2) is 54.7 Å². The zero-order valence-corrected chi connectivity index (χ0v) is 17.8. The third kappa shape index (κ3) is 5.94. The molecule has 0 radical (unpaired) electrons. The van der Waals surface area contributed by atoms with E-state index in [-0.39, 0.29) is 12.0 Å². The van der Waals surface area contributed by atoms with E-state index >= 15 is 0 Å². The monoisotopic (exact) mass is 404 g/mol. The molecule has 1 aromatic heterocycles. The number of carbonyl (C=O) groups excluding carboxylic acids is 1. The Labute approximate surface area is 177 Å². The molecule has 0 saturated heterocycles.